The quantitative estimate of drug-likeness (QED) is 0.851. The van der Waals surface area contributed by atoms with E-state index in [4.69, 9.17) is 4.74 Å². The average molecular weight is 269 g/mol. The molecule has 19 heavy (non-hydrogen) atoms. The van der Waals surface area contributed by atoms with Gasteiger partial charge in [0.1, 0.15) is 0 Å². The number of hydrogen-bond acceptors (Lipinski definition) is 3. The van der Waals surface area contributed by atoms with E-state index in [9.17, 15) is 9.90 Å². The van der Waals surface area contributed by atoms with Crippen molar-refractivity contribution in [2.75, 3.05) is 19.8 Å². The number of ether oxygens (including phenoxy) is 1. The van der Waals surface area contributed by atoms with Crippen LogP contribution in [0.25, 0.3) is 0 Å². The summed E-state index contributed by atoms with van der Waals surface area (Å²) in [5.74, 6) is -1.06. The lowest BCUT2D eigenvalue weighted by Crippen LogP contribution is -2.50. The van der Waals surface area contributed by atoms with Crippen LogP contribution in [0.1, 0.15) is 46.5 Å². The number of aliphatic carboxylic acids is 1. The smallest absolute Gasteiger partial charge is 0.310 e. The first-order valence-electron chi connectivity index (χ1n) is 7.51. The summed E-state index contributed by atoms with van der Waals surface area (Å²) in [4.78, 5) is 13.7. The highest BCUT2D eigenvalue weighted by Crippen LogP contribution is 2.38. The Hall–Kier alpha value is -0.610. The van der Waals surface area contributed by atoms with Gasteiger partial charge >= 0.3 is 5.97 Å². The molecule has 1 heterocycles. The van der Waals surface area contributed by atoms with E-state index in [1.54, 1.807) is 0 Å². The minimum absolute atomic E-state index is 0.0636. The summed E-state index contributed by atoms with van der Waals surface area (Å²) in [7, 11) is 0. The summed E-state index contributed by atoms with van der Waals surface area (Å²) in [5.41, 5.74) is 0.453. The van der Waals surface area contributed by atoms with Gasteiger partial charge in [0.15, 0.2) is 0 Å². The molecule has 0 aromatic carbocycles. The van der Waals surface area contributed by atoms with Crippen LogP contribution in [0.3, 0.4) is 0 Å². The van der Waals surface area contributed by atoms with Gasteiger partial charge in [0.2, 0.25) is 0 Å². The van der Waals surface area contributed by atoms with E-state index in [1.165, 1.54) is 25.7 Å². The van der Waals surface area contributed by atoms with Crippen molar-refractivity contribution in [2.24, 2.45) is 11.3 Å². The molecule has 2 atom stereocenters. The number of nitrogens with zero attached hydrogens (tertiary/aromatic N) is 1. The molecular weight excluding hydrogens is 242 g/mol. The van der Waals surface area contributed by atoms with Crippen LogP contribution in [0.5, 0.6) is 0 Å². The van der Waals surface area contributed by atoms with Crippen molar-refractivity contribution in [2.45, 2.75) is 58.5 Å². The molecule has 0 radical (unpaired) electrons. The van der Waals surface area contributed by atoms with Crippen molar-refractivity contribution < 1.29 is 14.6 Å². The van der Waals surface area contributed by atoms with E-state index >= 15 is 0 Å². The zero-order valence-corrected chi connectivity index (χ0v) is 12.4. The summed E-state index contributed by atoms with van der Waals surface area (Å²) in [6.07, 6.45) is 4.84. The summed E-state index contributed by atoms with van der Waals surface area (Å²) in [6.45, 7) is 8.66. The minimum Gasteiger partial charge on any atom is -0.481 e. The fraction of sp³-hybridized carbons (Fsp3) is 0.933. The molecule has 2 rings (SSSR count). The molecule has 2 aliphatic rings. The first kappa shape index (κ1) is 14.8. The third-order valence-corrected chi connectivity index (χ3v) is 4.94. The van der Waals surface area contributed by atoms with Gasteiger partial charge in [0.05, 0.1) is 19.1 Å². The molecule has 0 bridgehead atoms. The number of carboxylic acids is 1. The van der Waals surface area contributed by atoms with Crippen molar-refractivity contribution in [3.63, 3.8) is 0 Å². The van der Waals surface area contributed by atoms with E-state index < -0.39 is 5.97 Å². The maximum absolute atomic E-state index is 11.3. The van der Waals surface area contributed by atoms with Gasteiger partial charge in [0.25, 0.3) is 0 Å². The van der Waals surface area contributed by atoms with E-state index in [2.05, 4.69) is 25.7 Å². The van der Waals surface area contributed by atoms with E-state index in [0.717, 1.165) is 6.54 Å². The van der Waals surface area contributed by atoms with Gasteiger partial charge < -0.3 is 9.84 Å². The second-order valence-electron chi connectivity index (χ2n) is 6.78. The largest absolute Gasteiger partial charge is 0.481 e. The van der Waals surface area contributed by atoms with Crippen molar-refractivity contribution in [3.8, 4) is 0 Å². The number of hydrogen-bond donors (Lipinski definition) is 1. The van der Waals surface area contributed by atoms with Gasteiger partial charge in [-0.15, -0.1) is 0 Å². The molecule has 4 nitrogen and oxygen atoms in total. The predicted octanol–water partition coefficient (Wildman–Crippen LogP) is 2.38. The Bertz CT molecular complexity index is 319. The molecule has 110 valence electrons. The maximum atomic E-state index is 11.3. The van der Waals surface area contributed by atoms with Crippen LogP contribution >= 0.6 is 0 Å². The minimum atomic E-state index is -0.711. The molecule has 0 amide bonds. The van der Waals surface area contributed by atoms with Crippen LogP contribution in [-0.4, -0.2) is 47.8 Å². The normalized spacial score (nSPS) is 31.8. The number of rotatable bonds is 4. The van der Waals surface area contributed by atoms with Gasteiger partial charge in [-0.3, -0.25) is 9.69 Å². The van der Waals surface area contributed by atoms with Gasteiger partial charge in [0, 0.05) is 12.1 Å². The number of carbonyl (C=O) groups is 1. The molecule has 2 fully saturated rings. The lowest BCUT2D eigenvalue weighted by atomic mass is 9.75. The van der Waals surface area contributed by atoms with Crippen LogP contribution in [0.2, 0.25) is 0 Å². The highest BCUT2D eigenvalue weighted by atomic mass is 16.5. The van der Waals surface area contributed by atoms with Crippen LogP contribution in [0.4, 0.5) is 0 Å². The van der Waals surface area contributed by atoms with Crippen LogP contribution < -0.4 is 0 Å². The van der Waals surface area contributed by atoms with Crippen molar-refractivity contribution >= 4 is 5.97 Å². The summed E-state index contributed by atoms with van der Waals surface area (Å²) in [5, 5.41) is 9.30. The lowest BCUT2D eigenvalue weighted by Gasteiger charge is -2.42. The SMILES string of the molecule is CCN(C1CCC(C)(C)CC1)C1COCC1C(=O)O. The van der Waals surface area contributed by atoms with E-state index in [-0.39, 0.29) is 12.0 Å². The molecule has 1 aliphatic heterocycles. The molecule has 0 aromatic heterocycles. The molecule has 2 unspecified atom stereocenters. The Kier molecular flexibility index (Phi) is 4.51. The van der Waals surface area contributed by atoms with Crippen molar-refractivity contribution in [1.82, 2.24) is 4.90 Å². The molecule has 4 heteroatoms. The molecule has 1 N–H and O–H groups in total. The van der Waals surface area contributed by atoms with E-state index in [0.29, 0.717) is 24.7 Å². The zero-order valence-electron chi connectivity index (χ0n) is 12.4. The third-order valence-electron chi connectivity index (χ3n) is 4.94. The average Bonchev–Trinajstić information content (AvgIpc) is 2.81. The van der Waals surface area contributed by atoms with Crippen molar-refractivity contribution in [1.29, 1.82) is 0 Å². The second-order valence-corrected chi connectivity index (χ2v) is 6.78. The second kappa shape index (κ2) is 5.80. The van der Waals surface area contributed by atoms with Gasteiger partial charge in [-0.2, -0.15) is 0 Å². The highest BCUT2D eigenvalue weighted by Gasteiger charge is 2.41. The Morgan fingerprint density at radius 2 is 1.95 bits per heavy atom. The Labute approximate surface area is 116 Å². The Morgan fingerprint density at radius 3 is 2.47 bits per heavy atom. The molecule has 1 saturated heterocycles. The number of carboxylic acid groups (broad SMARTS) is 1. The number of likely N-dealkylation sites (N-methyl/N-ethyl adjacent to an activating group) is 1. The molecule has 0 spiro atoms. The third kappa shape index (κ3) is 3.29. The fourth-order valence-corrected chi connectivity index (χ4v) is 3.58. The predicted molar refractivity (Wildman–Crippen MR) is 74.1 cm³/mol. The molecule has 0 aromatic rings. The lowest BCUT2D eigenvalue weighted by molar-refractivity contribution is -0.143. The summed E-state index contributed by atoms with van der Waals surface area (Å²) in [6, 6.07) is 0.597. The van der Waals surface area contributed by atoms with E-state index in [1.807, 2.05) is 0 Å². The van der Waals surface area contributed by atoms with Crippen LogP contribution in [-0.2, 0) is 9.53 Å². The van der Waals surface area contributed by atoms with Crippen LogP contribution in [0.15, 0.2) is 0 Å². The monoisotopic (exact) mass is 269 g/mol. The van der Waals surface area contributed by atoms with Gasteiger partial charge in [-0.05, 0) is 37.6 Å². The van der Waals surface area contributed by atoms with Gasteiger partial charge in [-0.25, -0.2) is 0 Å². The molecule has 1 aliphatic carbocycles. The zero-order chi connectivity index (χ0) is 14.0. The van der Waals surface area contributed by atoms with Crippen molar-refractivity contribution in [3.05, 3.63) is 0 Å². The maximum Gasteiger partial charge on any atom is 0.310 e. The first-order chi connectivity index (χ1) is 8.94. The molecule has 1 saturated carbocycles. The topological polar surface area (TPSA) is 49.8 Å². The Morgan fingerprint density at radius 1 is 1.32 bits per heavy atom. The van der Waals surface area contributed by atoms with Gasteiger partial charge in [-0.1, -0.05) is 20.8 Å². The first-order valence-corrected chi connectivity index (χ1v) is 7.51. The van der Waals surface area contributed by atoms with Crippen LogP contribution in [0, 0.1) is 11.3 Å². The fourth-order valence-electron chi connectivity index (χ4n) is 3.58. The summed E-state index contributed by atoms with van der Waals surface area (Å²) >= 11 is 0. The standard InChI is InChI=1S/C15H27NO3/c1-4-16(11-5-7-15(2,3)8-6-11)13-10-19-9-12(13)14(17)18/h11-13H,4-10H2,1-3H3,(H,17,18). The highest BCUT2D eigenvalue weighted by molar-refractivity contribution is 5.71. The summed E-state index contributed by atoms with van der Waals surface area (Å²) < 4.78 is 5.42. The molecular formula is C15H27NO3. The Balaban J connectivity index is 2.02.